The Morgan fingerprint density at radius 2 is 1.90 bits per heavy atom. The van der Waals surface area contributed by atoms with Crippen molar-refractivity contribution in [1.82, 2.24) is 15.1 Å². The molecule has 2 rings (SSSR count). The van der Waals surface area contributed by atoms with E-state index in [1.165, 1.54) is 25.9 Å². The number of carbonyl (C=O) groups is 1. The highest BCUT2D eigenvalue weighted by molar-refractivity contribution is 5.84. The Bertz CT molecular complexity index is 328. The standard InChI is InChI=1S/C16H31N3O/c1-5-12(3)15-16(20)19(14(6-2)17-15)11-13(4)18-9-7-8-10-18/h12-15,17H,5-11H2,1-4H3. The van der Waals surface area contributed by atoms with Crippen molar-refractivity contribution in [3.8, 4) is 0 Å². The Hall–Kier alpha value is -0.610. The van der Waals surface area contributed by atoms with Gasteiger partial charge in [-0.2, -0.15) is 0 Å². The Labute approximate surface area is 123 Å². The molecule has 0 bridgehead atoms. The molecule has 2 aliphatic rings. The van der Waals surface area contributed by atoms with E-state index in [0.29, 0.717) is 17.9 Å². The van der Waals surface area contributed by atoms with Crippen molar-refractivity contribution in [3.05, 3.63) is 0 Å². The Kier molecular flexibility index (Phi) is 5.44. The summed E-state index contributed by atoms with van der Waals surface area (Å²) in [6.45, 7) is 12.0. The van der Waals surface area contributed by atoms with Gasteiger partial charge in [-0.3, -0.25) is 15.0 Å². The van der Waals surface area contributed by atoms with Crippen LogP contribution in [0.15, 0.2) is 0 Å². The maximum Gasteiger partial charge on any atom is 0.241 e. The number of likely N-dealkylation sites (tertiary alicyclic amines) is 1. The van der Waals surface area contributed by atoms with Gasteiger partial charge in [0.15, 0.2) is 0 Å². The lowest BCUT2D eigenvalue weighted by atomic mass is 9.99. The van der Waals surface area contributed by atoms with Gasteiger partial charge < -0.3 is 4.90 Å². The van der Waals surface area contributed by atoms with Crippen LogP contribution in [0, 0.1) is 5.92 Å². The molecular formula is C16H31N3O. The third kappa shape index (κ3) is 3.17. The lowest BCUT2D eigenvalue weighted by Crippen LogP contribution is -2.46. The average Bonchev–Trinajstić information content (AvgIpc) is 3.08. The van der Waals surface area contributed by atoms with Gasteiger partial charge in [0.05, 0.1) is 12.2 Å². The lowest BCUT2D eigenvalue weighted by molar-refractivity contribution is -0.131. The van der Waals surface area contributed by atoms with E-state index < -0.39 is 0 Å². The van der Waals surface area contributed by atoms with E-state index in [-0.39, 0.29) is 12.2 Å². The van der Waals surface area contributed by atoms with Crippen LogP contribution in [-0.2, 0) is 4.79 Å². The number of hydrogen-bond acceptors (Lipinski definition) is 3. The van der Waals surface area contributed by atoms with Gasteiger partial charge in [0.1, 0.15) is 0 Å². The third-order valence-corrected chi connectivity index (χ3v) is 5.12. The molecule has 0 radical (unpaired) electrons. The third-order valence-electron chi connectivity index (χ3n) is 5.12. The summed E-state index contributed by atoms with van der Waals surface area (Å²) in [6, 6.07) is 0.503. The molecule has 2 heterocycles. The van der Waals surface area contributed by atoms with Crippen molar-refractivity contribution in [2.75, 3.05) is 19.6 Å². The topological polar surface area (TPSA) is 35.6 Å². The molecular weight excluding hydrogens is 250 g/mol. The van der Waals surface area contributed by atoms with Crippen LogP contribution >= 0.6 is 0 Å². The maximum absolute atomic E-state index is 12.7. The zero-order valence-corrected chi connectivity index (χ0v) is 13.6. The van der Waals surface area contributed by atoms with E-state index in [2.05, 4.69) is 42.8 Å². The Morgan fingerprint density at radius 3 is 2.45 bits per heavy atom. The highest BCUT2D eigenvalue weighted by Crippen LogP contribution is 2.22. The Morgan fingerprint density at radius 1 is 1.25 bits per heavy atom. The first-order chi connectivity index (χ1) is 9.58. The number of hydrogen-bond donors (Lipinski definition) is 1. The molecule has 4 nitrogen and oxygen atoms in total. The SMILES string of the molecule is CCC(C)C1NC(CC)N(CC(C)N2CCCC2)C1=O. The molecule has 0 spiro atoms. The minimum atomic E-state index is 0.0238. The van der Waals surface area contributed by atoms with Crippen molar-refractivity contribution in [3.63, 3.8) is 0 Å². The lowest BCUT2D eigenvalue weighted by Gasteiger charge is -2.31. The monoisotopic (exact) mass is 281 g/mol. The fourth-order valence-electron chi connectivity index (χ4n) is 3.48. The predicted molar refractivity (Wildman–Crippen MR) is 82.4 cm³/mol. The second-order valence-electron chi connectivity index (χ2n) is 6.54. The molecule has 116 valence electrons. The predicted octanol–water partition coefficient (Wildman–Crippen LogP) is 2.05. The van der Waals surface area contributed by atoms with Crippen LogP contribution in [0.3, 0.4) is 0 Å². The van der Waals surface area contributed by atoms with Gasteiger partial charge in [0.2, 0.25) is 5.91 Å². The van der Waals surface area contributed by atoms with Crippen LogP contribution in [0.1, 0.15) is 53.4 Å². The zero-order valence-electron chi connectivity index (χ0n) is 13.6. The van der Waals surface area contributed by atoms with Crippen LogP contribution in [0.25, 0.3) is 0 Å². The number of rotatable bonds is 6. The molecule has 0 aromatic carbocycles. The van der Waals surface area contributed by atoms with Crippen LogP contribution in [0.4, 0.5) is 0 Å². The molecule has 4 atom stereocenters. The second-order valence-corrected chi connectivity index (χ2v) is 6.54. The molecule has 0 aromatic rings. The van der Waals surface area contributed by atoms with Crippen LogP contribution in [0.5, 0.6) is 0 Å². The van der Waals surface area contributed by atoms with Gasteiger partial charge in [0, 0.05) is 12.6 Å². The van der Waals surface area contributed by atoms with E-state index in [9.17, 15) is 4.79 Å². The summed E-state index contributed by atoms with van der Waals surface area (Å²) in [5, 5.41) is 3.54. The quantitative estimate of drug-likeness (QED) is 0.809. The van der Waals surface area contributed by atoms with Crippen molar-refractivity contribution >= 4 is 5.91 Å². The molecule has 2 fully saturated rings. The van der Waals surface area contributed by atoms with Crippen LogP contribution < -0.4 is 5.32 Å². The summed E-state index contributed by atoms with van der Waals surface area (Å²) in [7, 11) is 0. The number of carbonyl (C=O) groups excluding carboxylic acids is 1. The van der Waals surface area contributed by atoms with E-state index >= 15 is 0 Å². The first-order valence-corrected chi connectivity index (χ1v) is 8.39. The van der Waals surface area contributed by atoms with Gasteiger partial charge in [-0.25, -0.2) is 0 Å². The maximum atomic E-state index is 12.7. The van der Waals surface area contributed by atoms with E-state index in [4.69, 9.17) is 0 Å². The average molecular weight is 281 g/mol. The van der Waals surface area contributed by atoms with Gasteiger partial charge in [-0.05, 0) is 45.2 Å². The first kappa shape index (κ1) is 15.8. The van der Waals surface area contributed by atoms with E-state index in [0.717, 1.165) is 19.4 Å². The molecule has 4 heteroatoms. The summed E-state index contributed by atoms with van der Waals surface area (Å²) in [5.74, 6) is 0.737. The molecule has 0 saturated carbocycles. The molecule has 4 unspecified atom stereocenters. The second kappa shape index (κ2) is 6.90. The van der Waals surface area contributed by atoms with Crippen molar-refractivity contribution in [2.45, 2.75) is 71.6 Å². The largest absolute Gasteiger partial charge is 0.324 e. The molecule has 0 aromatic heterocycles. The zero-order chi connectivity index (χ0) is 14.7. The molecule has 2 aliphatic heterocycles. The van der Waals surface area contributed by atoms with Gasteiger partial charge in [0.25, 0.3) is 0 Å². The first-order valence-electron chi connectivity index (χ1n) is 8.39. The summed E-state index contributed by atoms with van der Waals surface area (Å²) < 4.78 is 0. The Balaban J connectivity index is 1.99. The van der Waals surface area contributed by atoms with Crippen LogP contribution in [0.2, 0.25) is 0 Å². The number of nitrogens with zero attached hydrogens (tertiary/aromatic N) is 2. The van der Waals surface area contributed by atoms with E-state index in [1.54, 1.807) is 0 Å². The smallest absolute Gasteiger partial charge is 0.241 e. The summed E-state index contributed by atoms with van der Waals surface area (Å²) in [6.07, 6.45) is 4.89. The molecule has 2 saturated heterocycles. The van der Waals surface area contributed by atoms with Crippen molar-refractivity contribution in [2.24, 2.45) is 5.92 Å². The minimum Gasteiger partial charge on any atom is -0.324 e. The van der Waals surface area contributed by atoms with Crippen molar-refractivity contribution < 1.29 is 4.79 Å². The highest BCUT2D eigenvalue weighted by atomic mass is 16.2. The van der Waals surface area contributed by atoms with Gasteiger partial charge >= 0.3 is 0 Å². The molecule has 0 aliphatic carbocycles. The molecule has 1 N–H and O–H groups in total. The normalized spacial score (nSPS) is 31.0. The molecule has 20 heavy (non-hydrogen) atoms. The van der Waals surface area contributed by atoms with Crippen LogP contribution in [-0.4, -0.2) is 53.6 Å². The highest BCUT2D eigenvalue weighted by Gasteiger charge is 2.40. The molecule has 1 amide bonds. The van der Waals surface area contributed by atoms with Gasteiger partial charge in [-0.1, -0.05) is 27.2 Å². The van der Waals surface area contributed by atoms with Crippen molar-refractivity contribution in [1.29, 1.82) is 0 Å². The fourth-order valence-corrected chi connectivity index (χ4v) is 3.48. The summed E-state index contributed by atoms with van der Waals surface area (Å²) in [5.41, 5.74) is 0. The number of nitrogens with one attached hydrogen (secondary N) is 1. The fraction of sp³-hybridized carbons (Fsp3) is 0.938. The van der Waals surface area contributed by atoms with E-state index in [1.807, 2.05) is 0 Å². The minimum absolute atomic E-state index is 0.0238. The summed E-state index contributed by atoms with van der Waals surface area (Å²) >= 11 is 0. The van der Waals surface area contributed by atoms with Gasteiger partial charge in [-0.15, -0.1) is 0 Å². The summed E-state index contributed by atoms with van der Waals surface area (Å²) in [4.78, 5) is 17.3. The number of amides is 1.